The summed E-state index contributed by atoms with van der Waals surface area (Å²) >= 11 is 1.79. The van der Waals surface area contributed by atoms with E-state index in [1.807, 2.05) is 6.08 Å². The summed E-state index contributed by atoms with van der Waals surface area (Å²) in [4.78, 5) is 1.26. The molecule has 0 saturated carbocycles. The van der Waals surface area contributed by atoms with Crippen LogP contribution in [-0.2, 0) is 17.9 Å². The van der Waals surface area contributed by atoms with Crippen LogP contribution in [0.25, 0.3) is 0 Å². The standard InChI is InChI=1S/C18H21NOS/c1-3-12-21-18-7-5-4-6-17(18)19-13-15-8-10-16(11-9-15)14-20-2/h3-11,19H,1,12-14H2,2H3. The van der Waals surface area contributed by atoms with Crippen molar-refractivity contribution >= 4 is 17.4 Å². The minimum absolute atomic E-state index is 0.661. The van der Waals surface area contributed by atoms with Gasteiger partial charge in [-0.3, -0.25) is 0 Å². The molecule has 0 radical (unpaired) electrons. The highest BCUT2D eigenvalue weighted by Gasteiger charge is 2.01. The largest absolute Gasteiger partial charge is 0.380 e. The Bertz CT molecular complexity index is 566. The molecule has 0 bridgehead atoms. The zero-order valence-corrected chi connectivity index (χ0v) is 13.2. The molecule has 0 aliphatic carbocycles. The smallest absolute Gasteiger partial charge is 0.0713 e. The van der Waals surface area contributed by atoms with E-state index in [2.05, 4.69) is 60.4 Å². The van der Waals surface area contributed by atoms with E-state index in [9.17, 15) is 0 Å². The van der Waals surface area contributed by atoms with Crippen molar-refractivity contribution in [1.29, 1.82) is 0 Å². The molecule has 2 aromatic rings. The molecule has 2 rings (SSSR count). The molecule has 0 fully saturated rings. The van der Waals surface area contributed by atoms with Crippen LogP contribution in [0.4, 0.5) is 5.69 Å². The van der Waals surface area contributed by atoms with E-state index in [0.29, 0.717) is 6.61 Å². The maximum atomic E-state index is 5.12. The zero-order chi connectivity index (χ0) is 14.9. The first-order valence-corrected chi connectivity index (χ1v) is 7.95. The average molecular weight is 299 g/mol. The number of para-hydroxylation sites is 1. The molecule has 0 atom stereocenters. The Morgan fingerprint density at radius 3 is 2.52 bits per heavy atom. The average Bonchev–Trinajstić information content (AvgIpc) is 2.53. The lowest BCUT2D eigenvalue weighted by molar-refractivity contribution is 0.185. The van der Waals surface area contributed by atoms with Gasteiger partial charge in [0.2, 0.25) is 0 Å². The van der Waals surface area contributed by atoms with Gasteiger partial charge in [0.25, 0.3) is 0 Å². The van der Waals surface area contributed by atoms with E-state index in [-0.39, 0.29) is 0 Å². The molecule has 0 aromatic heterocycles. The molecular weight excluding hydrogens is 278 g/mol. The van der Waals surface area contributed by atoms with E-state index in [0.717, 1.165) is 12.3 Å². The summed E-state index contributed by atoms with van der Waals surface area (Å²) in [6, 6.07) is 16.9. The fraction of sp³-hybridized carbons (Fsp3) is 0.222. The number of nitrogens with one attached hydrogen (secondary N) is 1. The second-order valence-electron chi connectivity index (χ2n) is 4.70. The van der Waals surface area contributed by atoms with Crippen LogP contribution in [0.15, 0.2) is 66.1 Å². The second-order valence-corrected chi connectivity index (χ2v) is 5.76. The van der Waals surface area contributed by atoms with Crippen molar-refractivity contribution in [3.05, 3.63) is 72.3 Å². The third kappa shape index (κ3) is 4.96. The van der Waals surface area contributed by atoms with Crippen LogP contribution < -0.4 is 5.32 Å². The summed E-state index contributed by atoms with van der Waals surface area (Å²) in [5.74, 6) is 0.921. The molecule has 0 aliphatic rings. The summed E-state index contributed by atoms with van der Waals surface area (Å²) in [5, 5.41) is 3.50. The predicted molar refractivity (Wildman–Crippen MR) is 91.8 cm³/mol. The van der Waals surface area contributed by atoms with Crippen LogP contribution >= 0.6 is 11.8 Å². The van der Waals surface area contributed by atoms with Crippen molar-refractivity contribution in [2.45, 2.75) is 18.0 Å². The number of hydrogen-bond acceptors (Lipinski definition) is 3. The number of methoxy groups -OCH3 is 1. The van der Waals surface area contributed by atoms with Crippen molar-refractivity contribution in [2.24, 2.45) is 0 Å². The summed E-state index contributed by atoms with van der Waals surface area (Å²) < 4.78 is 5.12. The van der Waals surface area contributed by atoms with Crippen LogP contribution in [0.2, 0.25) is 0 Å². The van der Waals surface area contributed by atoms with Gasteiger partial charge in [0, 0.05) is 30.0 Å². The first-order valence-electron chi connectivity index (χ1n) is 6.97. The Hall–Kier alpha value is -1.71. The van der Waals surface area contributed by atoms with Crippen molar-refractivity contribution in [2.75, 3.05) is 18.2 Å². The fourth-order valence-electron chi connectivity index (χ4n) is 2.00. The molecule has 0 heterocycles. The van der Waals surface area contributed by atoms with Crippen LogP contribution in [0.5, 0.6) is 0 Å². The Labute approximate surface area is 131 Å². The maximum Gasteiger partial charge on any atom is 0.0713 e. The van der Waals surface area contributed by atoms with Gasteiger partial charge in [-0.1, -0.05) is 42.5 Å². The van der Waals surface area contributed by atoms with Crippen LogP contribution in [0, 0.1) is 0 Å². The molecule has 0 spiro atoms. The first kappa shape index (κ1) is 15.7. The van der Waals surface area contributed by atoms with Crippen molar-refractivity contribution in [1.82, 2.24) is 0 Å². The van der Waals surface area contributed by atoms with Gasteiger partial charge < -0.3 is 10.1 Å². The predicted octanol–water partition coefficient (Wildman–Crippen LogP) is 4.72. The lowest BCUT2D eigenvalue weighted by atomic mass is 10.1. The summed E-state index contributed by atoms with van der Waals surface area (Å²) in [7, 11) is 1.72. The third-order valence-corrected chi connectivity index (χ3v) is 4.13. The molecule has 21 heavy (non-hydrogen) atoms. The van der Waals surface area contributed by atoms with Gasteiger partial charge in [0.15, 0.2) is 0 Å². The number of benzene rings is 2. The molecule has 3 heteroatoms. The molecule has 1 N–H and O–H groups in total. The molecule has 110 valence electrons. The fourth-order valence-corrected chi connectivity index (χ4v) is 2.77. The quantitative estimate of drug-likeness (QED) is 0.563. The van der Waals surface area contributed by atoms with Gasteiger partial charge in [-0.05, 0) is 23.3 Å². The van der Waals surface area contributed by atoms with E-state index in [1.54, 1.807) is 18.9 Å². The van der Waals surface area contributed by atoms with Gasteiger partial charge in [-0.25, -0.2) is 0 Å². The van der Waals surface area contributed by atoms with Crippen LogP contribution in [-0.4, -0.2) is 12.9 Å². The maximum absolute atomic E-state index is 5.12. The number of ether oxygens (including phenoxy) is 1. The molecule has 0 amide bonds. The second kappa shape index (κ2) is 8.55. The minimum atomic E-state index is 0.661. The minimum Gasteiger partial charge on any atom is -0.380 e. The molecule has 0 aliphatic heterocycles. The number of thioether (sulfide) groups is 1. The van der Waals surface area contributed by atoms with Gasteiger partial charge in [0.05, 0.1) is 6.61 Å². The third-order valence-electron chi connectivity index (χ3n) is 3.06. The van der Waals surface area contributed by atoms with Crippen LogP contribution in [0.1, 0.15) is 11.1 Å². The first-order chi connectivity index (χ1) is 10.3. The highest BCUT2D eigenvalue weighted by molar-refractivity contribution is 7.99. The topological polar surface area (TPSA) is 21.3 Å². The lowest BCUT2D eigenvalue weighted by Gasteiger charge is -2.11. The van der Waals surface area contributed by atoms with E-state index in [4.69, 9.17) is 4.74 Å². The highest BCUT2D eigenvalue weighted by atomic mass is 32.2. The van der Waals surface area contributed by atoms with E-state index in [1.165, 1.54) is 21.7 Å². The van der Waals surface area contributed by atoms with E-state index >= 15 is 0 Å². The molecule has 2 aromatic carbocycles. The molecular formula is C18H21NOS. The Balaban J connectivity index is 1.97. The number of hydrogen-bond donors (Lipinski definition) is 1. The zero-order valence-electron chi connectivity index (χ0n) is 12.3. The van der Waals surface area contributed by atoms with Gasteiger partial charge in [-0.15, -0.1) is 18.3 Å². The normalized spacial score (nSPS) is 10.3. The van der Waals surface area contributed by atoms with Crippen LogP contribution in [0.3, 0.4) is 0 Å². The Morgan fingerprint density at radius 2 is 1.81 bits per heavy atom. The SMILES string of the molecule is C=CCSc1ccccc1NCc1ccc(COC)cc1. The lowest BCUT2D eigenvalue weighted by Crippen LogP contribution is -2.01. The Kier molecular flexibility index (Phi) is 6.38. The summed E-state index contributed by atoms with van der Waals surface area (Å²) in [6.07, 6.45) is 1.93. The number of rotatable bonds is 8. The van der Waals surface area contributed by atoms with Gasteiger partial charge in [-0.2, -0.15) is 0 Å². The van der Waals surface area contributed by atoms with Gasteiger partial charge >= 0.3 is 0 Å². The van der Waals surface area contributed by atoms with Gasteiger partial charge in [0.1, 0.15) is 0 Å². The summed E-state index contributed by atoms with van der Waals surface area (Å²) in [5.41, 5.74) is 3.63. The van der Waals surface area contributed by atoms with Crippen molar-refractivity contribution in [3.8, 4) is 0 Å². The van der Waals surface area contributed by atoms with Crippen molar-refractivity contribution in [3.63, 3.8) is 0 Å². The van der Waals surface area contributed by atoms with E-state index < -0.39 is 0 Å². The van der Waals surface area contributed by atoms with Crippen molar-refractivity contribution < 1.29 is 4.74 Å². The number of anilines is 1. The summed E-state index contributed by atoms with van der Waals surface area (Å²) in [6.45, 7) is 5.25. The highest BCUT2D eigenvalue weighted by Crippen LogP contribution is 2.27. The monoisotopic (exact) mass is 299 g/mol. The molecule has 0 saturated heterocycles. The molecule has 0 unspecified atom stereocenters. The Morgan fingerprint density at radius 1 is 1.10 bits per heavy atom. The molecule has 2 nitrogen and oxygen atoms in total.